The minimum Gasteiger partial charge on any atom is -0.441 e. The van der Waals surface area contributed by atoms with Gasteiger partial charge in [0.05, 0.1) is 11.8 Å². The van der Waals surface area contributed by atoms with Crippen molar-refractivity contribution in [3.8, 4) is 11.5 Å². The number of aromatic nitrogens is 2. The van der Waals surface area contributed by atoms with Crippen LogP contribution in [0.3, 0.4) is 0 Å². The number of benzene rings is 1. The Labute approximate surface area is 169 Å². The van der Waals surface area contributed by atoms with Gasteiger partial charge in [0.25, 0.3) is 0 Å². The second kappa shape index (κ2) is 8.90. The maximum atomic E-state index is 10.6. The Hall–Kier alpha value is -2.15. The van der Waals surface area contributed by atoms with E-state index >= 15 is 0 Å². The molecule has 1 saturated heterocycles. The number of oxazole rings is 1. The van der Waals surface area contributed by atoms with Crippen LogP contribution in [-0.4, -0.2) is 32.7 Å². The van der Waals surface area contributed by atoms with Gasteiger partial charge >= 0.3 is 0 Å². The number of aliphatic hydroxyl groups excluding tert-OH is 1. The van der Waals surface area contributed by atoms with Gasteiger partial charge in [-0.2, -0.15) is 0 Å². The highest BCUT2D eigenvalue weighted by molar-refractivity contribution is 8.00. The van der Waals surface area contributed by atoms with E-state index in [4.69, 9.17) is 4.42 Å². The molecule has 0 aliphatic carbocycles. The summed E-state index contributed by atoms with van der Waals surface area (Å²) in [5.74, 6) is 2.46. The number of aryl methyl sites for hydroxylation is 2. The van der Waals surface area contributed by atoms with Gasteiger partial charge in [0.1, 0.15) is 5.76 Å². The molecule has 1 aliphatic heterocycles. The van der Waals surface area contributed by atoms with Gasteiger partial charge in [-0.1, -0.05) is 24.3 Å². The molecule has 3 heterocycles. The Morgan fingerprint density at radius 3 is 2.82 bits per heavy atom. The van der Waals surface area contributed by atoms with Crippen molar-refractivity contribution in [1.29, 1.82) is 0 Å². The van der Waals surface area contributed by atoms with Gasteiger partial charge in [-0.05, 0) is 43.5 Å². The van der Waals surface area contributed by atoms with Crippen molar-refractivity contribution in [3.63, 3.8) is 0 Å². The Morgan fingerprint density at radius 1 is 1.25 bits per heavy atom. The van der Waals surface area contributed by atoms with Crippen molar-refractivity contribution < 1.29 is 9.52 Å². The molecule has 2 aromatic heterocycles. The zero-order chi connectivity index (χ0) is 19.3. The van der Waals surface area contributed by atoms with Crippen LogP contribution >= 0.6 is 11.8 Å². The van der Waals surface area contributed by atoms with Crippen molar-refractivity contribution in [2.75, 3.05) is 12.4 Å². The minimum atomic E-state index is -0.555. The zero-order valence-corrected chi connectivity index (χ0v) is 16.8. The summed E-state index contributed by atoms with van der Waals surface area (Å²) in [7, 11) is 0. The van der Waals surface area contributed by atoms with Crippen LogP contribution in [0.15, 0.2) is 53.1 Å². The van der Waals surface area contributed by atoms with Crippen LogP contribution in [0, 0.1) is 6.92 Å². The van der Waals surface area contributed by atoms with Crippen molar-refractivity contribution >= 4 is 11.8 Å². The third-order valence-electron chi connectivity index (χ3n) is 5.03. The third-order valence-corrected chi connectivity index (χ3v) is 6.21. The molecule has 5 nitrogen and oxygen atoms in total. The van der Waals surface area contributed by atoms with Crippen LogP contribution in [0.25, 0.3) is 11.5 Å². The number of nitrogens with zero attached hydrogens (tertiary/aromatic N) is 2. The highest BCUT2D eigenvalue weighted by atomic mass is 32.2. The first-order valence-corrected chi connectivity index (χ1v) is 10.7. The van der Waals surface area contributed by atoms with E-state index in [0.29, 0.717) is 24.0 Å². The van der Waals surface area contributed by atoms with Crippen LogP contribution in [-0.2, 0) is 12.8 Å². The van der Waals surface area contributed by atoms with Crippen LogP contribution in [0.1, 0.15) is 35.2 Å². The summed E-state index contributed by atoms with van der Waals surface area (Å²) in [6.07, 6.45) is 3.47. The number of thioether (sulfide) groups is 1. The van der Waals surface area contributed by atoms with Crippen molar-refractivity contribution in [2.45, 2.75) is 37.5 Å². The van der Waals surface area contributed by atoms with Gasteiger partial charge in [-0.25, -0.2) is 4.98 Å². The summed E-state index contributed by atoms with van der Waals surface area (Å²) >= 11 is 1.94. The van der Waals surface area contributed by atoms with Gasteiger partial charge in [0.2, 0.25) is 5.89 Å². The van der Waals surface area contributed by atoms with E-state index in [1.807, 2.05) is 61.2 Å². The lowest BCUT2D eigenvalue weighted by molar-refractivity contribution is 0.167. The molecule has 1 fully saturated rings. The summed E-state index contributed by atoms with van der Waals surface area (Å²) in [4.78, 5) is 9.16. The molecule has 0 amide bonds. The van der Waals surface area contributed by atoms with Crippen molar-refractivity contribution in [2.24, 2.45) is 0 Å². The van der Waals surface area contributed by atoms with Crippen LogP contribution in [0.2, 0.25) is 0 Å². The Bertz CT molecular complexity index is 890. The van der Waals surface area contributed by atoms with Crippen LogP contribution in [0.4, 0.5) is 0 Å². The number of hydrogen-bond donors (Lipinski definition) is 2. The average molecular weight is 396 g/mol. The summed E-state index contributed by atoms with van der Waals surface area (Å²) < 4.78 is 5.81. The van der Waals surface area contributed by atoms with E-state index in [0.717, 1.165) is 47.1 Å². The van der Waals surface area contributed by atoms with E-state index in [1.54, 1.807) is 6.20 Å². The number of pyridine rings is 1. The summed E-state index contributed by atoms with van der Waals surface area (Å²) in [6.45, 7) is 2.96. The summed E-state index contributed by atoms with van der Waals surface area (Å²) in [5.41, 5.74) is 3.79. The molecular formula is C22H25N3O2S. The van der Waals surface area contributed by atoms with Gasteiger partial charge in [-0.15, -0.1) is 11.8 Å². The lowest BCUT2D eigenvalue weighted by Gasteiger charge is -2.11. The monoisotopic (exact) mass is 395 g/mol. The molecule has 4 rings (SSSR count). The Morgan fingerprint density at radius 2 is 2.11 bits per heavy atom. The number of nitrogens with one attached hydrogen (secondary N) is 1. The summed E-state index contributed by atoms with van der Waals surface area (Å²) in [6, 6.07) is 13.9. The molecule has 0 spiro atoms. The predicted octanol–water partition coefficient (Wildman–Crippen LogP) is 3.92. The fourth-order valence-corrected chi connectivity index (χ4v) is 4.37. The van der Waals surface area contributed by atoms with Gasteiger partial charge in [0, 0.05) is 41.5 Å². The van der Waals surface area contributed by atoms with Gasteiger partial charge in [-0.3, -0.25) is 4.98 Å². The van der Waals surface area contributed by atoms with E-state index in [9.17, 15) is 5.11 Å². The second-order valence-corrected chi connectivity index (χ2v) is 8.41. The topological polar surface area (TPSA) is 71.2 Å². The molecule has 3 aromatic rings. The second-order valence-electron chi connectivity index (χ2n) is 7.12. The lowest BCUT2D eigenvalue weighted by atomic mass is 10.0. The molecule has 28 heavy (non-hydrogen) atoms. The van der Waals surface area contributed by atoms with Crippen molar-refractivity contribution in [3.05, 3.63) is 71.4 Å². The molecule has 6 heteroatoms. The molecule has 1 aliphatic rings. The molecule has 0 bridgehead atoms. The molecule has 146 valence electrons. The lowest BCUT2D eigenvalue weighted by Crippen LogP contribution is -2.15. The van der Waals surface area contributed by atoms with E-state index in [2.05, 4.69) is 15.3 Å². The average Bonchev–Trinajstić information content (AvgIpc) is 3.37. The largest absolute Gasteiger partial charge is 0.441 e. The highest BCUT2D eigenvalue weighted by Crippen LogP contribution is 2.25. The first-order valence-electron chi connectivity index (χ1n) is 9.66. The predicted molar refractivity (Wildman–Crippen MR) is 112 cm³/mol. The smallest absolute Gasteiger partial charge is 0.226 e. The van der Waals surface area contributed by atoms with Crippen LogP contribution < -0.4 is 5.32 Å². The Kier molecular flexibility index (Phi) is 6.10. The molecule has 0 saturated carbocycles. The number of rotatable bonds is 7. The van der Waals surface area contributed by atoms with Gasteiger partial charge in [0.15, 0.2) is 0 Å². The maximum Gasteiger partial charge on any atom is 0.226 e. The first-order chi connectivity index (χ1) is 13.7. The summed E-state index contributed by atoms with van der Waals surface area (Å²) in [5, 5.41) is 14.5. The number of hydrogen-bond acceptors (Lipinski definition) is 6. The zero-order valence-electron chi connectivity index (χ0n) is 16.0. The standard InChI is InChI=1S/C22H25N3O2S/c1-15-20(25-22(27-15)16-5-3-2-4-6-16)9-10-21(26)17-7-8-18(24-12-17)11-19-13-23-14-28-19/h2-8,12,19,21,23,26H,9-11,13-14H2,1H3. The molecule has 1 aromatic carbocycles. The highest BCUT2D eigenvalue weighted by Gasteiger charge is 2.17. The molecule has 2 atom stereocenters. The number of aliphatic hydroxyl groups is 1. The minimum absolute atomic E-state index is 0.555. The molecule has 2 N–H and O–H groups in total. The maximum absolute atomic E-state index is 10.6. The molecule has 0 radical (unpaired) electrons. The van der Waals surface area contributed by atoms with Crippen LogP contribution in [0.5, 0.6) is 0 Å². The fraction of sp³-hybridized carbons (Fsp3) is 0.364. The molecule has 2 unspecified atom stereocenters. The normalized spacial score (nSPS) is 17.7. The fourth-order valence-electron chi connectivity index (χ4n) is 3.38. The molecular weight excluding hydrogens is 370 g/mol. The third kappa shape index (κ3) is 4.63. The van der Waals surface area contributed by atoms with E-state index in [1.165, 1.54) is 0 Å². The Balaban J connectivity index is 1.35. The van der Waals surface area contributed by atoms with Gasteiger partial charge < -0.3 is 14.8 Å². The SMILES string of the molecule is Cc1oc(-c2ccccc2)nc1CCC(O)c1ccc(CC2CNCS2)nc1. The van der Waals surface area contributed by atoms with Crippen molar-refractivity contribution in [1.82, 2.24) is 15.3 Å². The quantitative estimate of drug-likeness (QED) is 0.632. The first kappa shape index (κ1) is 19.2. The van der Waals surface area contributed by atoms with E-state index in [-0.39, 0.29) is 0 Å². The van der Waals surface area contributed by atoms with E-state index < -0.39 is 6.10 Å².